The van der Waals surface area contributed by atoms with E-state index in [0.29, 0.717) is 0 Å². The van der Waals surface area contributed by atoms with E-state index < -0.39 is 0 Å². The molecule has 2 aromatic rings. The Balaban J connectivity index is 1.72. The fourth-order valence-corrected chi connectivity index (χ4v) is 3.07. The zero-order valence-corrected chi connectivity index (χ0v) is 12.9. The van der Waals surface area contributed by atoms with Gasteiger partial charge in [-0.25, -0.2) is 0 Å². The Morgan fingerprint density at radius 2 is 1.95 bits per heavy atom. The van der Waals surface area contributed by atoms with E-state index in [1.54, 1.807) is 0 Å². The molecule has 0 saturated carbocycles. The van der Waals surface area contributed by atoms with Crippen LogP contribution in [0.3, 0.4) is 0 Å². The predicted molar refractivity (Wildman–Crippen MR) is 82.2 cm³/mol. The van der Waals surface area contributed by atoms with Gasteiger partial charge in [-0.05, 0) is 38.8 Å². The topological polar surface area (TPSA) is 51.0 Å². The van der Waals surface area contributed by atoms with Gasteiger partial charge in [0.25, 0.3) is 0 Å². The van der Waals surface area contributed by atoms with Crippen LogP contribution < -0.4 is 5.32 Å². The molecule has 1 atom stereocenters. The molecule has 2 heterocycles. The van der Waals surface area contributed by atoms with Gasteiger partial charge < -0.3 is 9.84 Å². The van der Waals surface area contributed by atoms with Crippen LogP contribution in [0.15, 0.2) is 22.7 Å². The van der Waals surface area contributed by atoms with E-state index in [4.69, 9.17) is 4.52 Å². The van der Waals surface area contributed by atoms with Crippen LogP contribution in [0.2, 0.25) is 0 Å². The molecular formula is C17H23N3O. The highest BCUT2D eigenvalue weighted by Crippen LogP contribution is 2.22. The summed E-state index contributed by atoms with van der Waals surface area (Å²) < 4.78 is 5.47. The first-order valence-electron chi connectivity index (χ1n) is 7.84. The van der Waals surface area contributed by atoms with Crippen LogP contribution in [-0.4, -0.2) is 16.7 Å². The van der Waals surface area contributed by atoms with Gasteiger partial charge in [0.1, 0.15) is 0 Å². The highest BCUT2D eigenvalue weighted by molar-refractivity contribution is 5.30. The average molecular weight is 285 g/mol. The number of aromatic nitrogens is 2. The molecule has 1 aliphatic rings. The maximum absolute atomic E-state index is 5.47. The van der Waals surface area contributed by atoms with E-state index in [1.807, 2.05) is 0 Å². The Morgan fingerprint density at radius 1 is 1.14 bits per heavy atom. The summed E-state index contributed by atoms with van der Waals surface area (Å²) in [6.07, 6.45) is 5.57. The molecular weight excluding hydrogens is 262 g/mol. The molecule has 4 nitrogen and oxygen atoms in total. The van der Waals surface area contributed by atoms with Crippen molar-refractivity contribution in [1.29, 1.82) is 0 Å². The molecule has 0 amide bonds. The number of aryl methyl sites for hydroxylation is 2. The van der Waals surface area contributed by atoms with Crippen molar-refractivity contribution < 1.29 is 4.52 Å². The second kappa shape index (κ2) is 6.39. The maximum atomic E-state index is 5.47. The van der Waals surface area contributed by atoms with Crippen molar-refractivity contribution in [1.82, 2.24) is 15.5 Å². The summed E-state index contributed by atoms with van der Waals surface area (Å²) in [6.45, 7) is 5.28. The molecule has 0 radical (unpaired) electrons. The van der Waals surface area contributed by atoms with Gasteiger partial charge >= 0.3 is 0 Å². The third kappa shape index (κ3) is 3.70. The SMILES string of the molecule is Cc1cc(C)cc(Cc2noc(C3CCCCCN3)n2)c1. The van der Waals surface area contributed by atoms with Crippen molar-refractivity contribution in [3.8, 4) is 0 Å². The molecule has 1 aromatic heterocycles. The standard InChI is InChI=1S/C17H23N3O/c1-12-8-13(2)10-14(9-12)11-16-19-17(21-20-16)15-6-4-3-5-7-18-15/h8-10,15,18H,3-7,11H2,1-2H3. The largest absolute Gasteiger partial charge is 0.338 e. The van der Waals surface area contributed by atoms with Gasteiger partial charge in [0, 0.05) is 6.42 Å². The van der Waals surface area contributed by atoms with Crippen molar-refractivity contribution in [2.75, 3.05) is 6.54 Å². The number of nitrogens with zero attached hydrogens (tertiary/aromatic N) is 2. The molecule has 0 spiro atoms. The number of nitrogens with one attached hydrogen (secondary N) is 1. The van der Waals surface area contributed by atoms with Crippen LogP contribution in [-0.2, 0) is 6.42 Å². The molecule has 0 aliphatic carbocycles. The average Bonchev–Trinajstić information content (AvgIpc) is 2.72. The molecule has 112 valence electrons. The highest BCUT2D eigenvalue weighted by Gasteiger charge is 2.20. The fraction of sp³-hybridized carbons (Fsp3) is 0.529. The second-order valence-corrected chi connectivity index (χ2v) is 6.08. The predicted octanol–water partition coefficient (Wildman–Crippen LogP) is 3.48. The summed E-state index contributed by atoms with van der Waals surface area (Å²) in [6, 6.07) is 6.79. The lowest BCUT2D eigenvalue weighted by atomic mass is 10.0. The lowest BCUT2D eigenvalue weighted by Crippen LogP contribution is -2.20. The van der Waals surface area contributed by atoms with E-state index in [9.17, 15) is 0 Å². The van der Waals surface area contributed by atoms with Crippen molar-refractivity contribution in [3.63, 3.8) is 0 Å². The van der Waals surface area contributed by atoms with Crippen LogP contribution in [0.1, 0.15) is 60.1 Å². The van der Waals surface area contributed by atoms with Crippen molar-refractivity contribution in [2.45, 2.75) is 52.0 Å². The van der Waals surface area contributed by atoms with Crippen LogP contribution in [0, 0.1) is 13.8 Å². The fourth-order valence-electron chi connectivity index (χ4n) is 3.07. The van der Waals surface area contributed by atoms with Crippen LogP contribution in [0.4, 0.5) is 0 Å². The normalized spacial score (nSPS) is 19.4. The summed E-state index contributed by atoms with van der Waals surface area (Å²) in [7, 11) is 0. The molecule has 1 aromatic carbocycles. The Hall–Kier alpha value is -1.68. The van der Waals surface area contributed by atoms with Crippen LogP contribution in [0.5, 0.6) is 0 Å². The van der Waals surface area contributed by atoms with E-state index in [1.165, 1.54) is 36.0 Å². The van der Waals surface area contributed by atoms with Crippen LogP contribution in [0.25, 0.3) is 0 Å². The Bertz CT molecular complexity index is 578. The quantitative estimate of drug-likeness (QED) is 0.938. The number of hydrogen-bond donors (Lipinski definition) is 1. The van der Waals surface area contributed by atoms with E-state index in [2.05, 4.69) is 47.5 Å². The molecule has 1 fully saturated rings. The van der Waals surface area contributed by atoms with Gasteiger partial charge in [-0.2, -0.15) is 4.98 Å². The van der Waals surface area contributed by atoms with Crippen molar-refractivity contribution in [3.05, 3.63) is 46.6 Å². The van der Waals surface area contributed by atoms with E-state index in [0.717, 1.165) is 31.1 Å². The molecule has 1 saturated heterocycles. The van der Waals surface area contributed by atoms with Crippen LogP contribution >= 0.6 is 0 Å². The monoisotopic (exact) mass is 285 g/mol. The second-order valence-electron chi connectivity index (χ2n) is 6.08. The minimum atomic E-state index is 0.230. The molecule has 0 bridgehead atoms. The van der Waals surface area contributed by atoms with Gasteiger partial charge in [0.2, 0.25) is 5.89 Å². The van der Waals surface area contributed by atoms with E-state index >= 15 is 0 Å². The molecule has 4 heteroatoms. The first-order valence-corrected chi connectivity index (χ1v) is 7.84. The zero-order chi connectivity index (χ0) is 14.7. The van der Waals surface area contributed by atoms with Gasteiger partial charge in [-0.15, -0.1) is 0 Å². The first kappa shape index (κ1) is 14.3. The summed E-state index contributed by atoms with van der Waals surface area (Å²) in [5.74, 6) is 1.53. The lowest BCUT2D eigenvalue weighted by molar-refractivity contribution is 0.325. The summed E-state index contributed by atoms with van der Waals surface area (Å²) in [5, 5.41) is 7.65. The summed E-state index contributed by atoms with van der Waals surface area (Å²) in [5.41, 5.74) is 3.80. The Labute approximate surface area is 126 Å². The molecule has 1 aliphatic heterocycles. The summed E-state index contributed by atoms with van der Waals surface area (Å²) in [4.78, 5) is 4.59. The Morgan fingerprint density at radius 3 is 2.76 bits per heavy atom. The smallest absolute Gasteiger partial charge is 0.243 e. The molecule has 21 heavy (non-hydrogen) atoms. The molecule has 3 rings (SSSR count). The minimum Gasteiger partial charge on any atom is -0.338 e. The highest BCUT2D eigenvalue weighted by atomic mass is 16.5. The maximum Gasteiger partial charge on any atom is 0.243 e. The van der Waals surface area contributed by atoms with E-state index in [-0.39, 0.29) is 6.04 Å². The van der Waals surface area contributed by atoms with Crippen molar-refractivity contribution >= 4 is 0 Å². The van der Waals surface area contributed by atoms with Crippen molar-refractivity contribution in [2.24, 2.45) is 0 Å². The zero-order valence-electron chi connectivity index (χ0n) is 12.9. The molecule has 1 N–H and O–H groups in total. The molecule has 1 unspecified atom stereocenters. The van der Waals surface area contributed by atoms with Gasteiger partial charge in [0.05, 0.1) is 6.04 Å². The number of rotatable bonds is 3. The number of hydrogen-bond acceptors (Lipinski definition) is 4. The van der Waals surface area contributed by atoms with Gasteiger partial charge in [0.15, 0.2) is 5.82 Å². The third-order valence-corrected chi connectivity index (χ3v) is 3.99. The lowest BCUT2D eigenvalue weighted by Gasteiger charge is -2.09. The summed E-state index contributed by atoms with van der Waals surface area (Å²) >= 11 is 0. The third-order valence-electron chi connectivity index (χ3n) is 3.99. The van der Waals surface area contributed by atoms with Gasteiger partial charge in [-0.3, -0.25) is 0 Å². The number of benzene rings is 1. The van der Waals surface area contributed by atoms with Gasteiger partial charge in [-0.1, -0.05) is 47.3 Å². The Kier molecular flexibility index (Phi) is 4.34. The first-order chi connectivity index (χ1) is 10.2. The minimum absolute atomic E-state index is 0.230.